The molecule has 0 unspecified atom stereocenters. The Morgan fingerprint density at radius 1 is 1.71 bits per heavy atom. The van der Waals surface area contributed by atoms with Crippen molar-refractivity contribution in [1.29, 1.82) is 0 Å². The first kappa shape index (κ1) is 10.7. The number of carbonyl (C=O) groups is 1. The second-order valence-corrected chi connectivity index (χ2v) is 1.09. The molecular weight excluding hydrogens is 217 g/mol. The number of hydrogen-bond acceptors (Lipinski definition) is 1. The third kappa shape index (κ3) is 6.78. The molecule has 0 fully saturated rings. The van der Waals surface area contributed by atoms with Gasteiger partial charge in [-0.05, 0) is 6.92 Å². The molecule has 0 amide bonds. The normalized spacial score (nSPS) is 6.43. The first-order chi connectivity index (χ1) is 2.64. The van der Waals surface area contributed by atoms with Crippen molar-refractivity contribution in [2.75, 3.05) is 0 Å². The summed E-state index contributed by atoms with van der Waals surface area (Å²) in [4.78, 5) is 9.60. The molecule has 36 valence electrons. The monoisotopic (exact) mass is 224 g/mol. The fraction of sp³-hybridized carbons (Fsp3) is 0.250. The van der Waals surface area contributed by atoms with Crippen molar-refractivity contribution >= 4 is 54.9 Å². The molecule has 0 aliphatic heterocycles. The van der Waals surface area contributed by atoms with E-state index in [1.165, 1.54) is 6.92 Å². The molecule has 0 bridgehead atoms. The summed E-state index contributed by atoms with van der Waals surface area (Å²) in [6, 6.07) is 0. The minimum atomic E-state index is -0.935. The van der Waals surface area contributed by atoms with Crippen molar-refractivity contribution in [3.63, 3.8) is 0 Å². The van der Waals surface area contributed by atoms with E-state index in [-0.39, 0.29) is 54.5 Å². The van der Waals surface area contributed by atoms with E-state index in [2.05, 4.69) is 6.58 Å². The van der Waals surface area contributed by atoms with Gasteiger partial charge in [0.25, 0.3) is 0 Å². The summed E-state index contributed by atoms with van der Waals surface area (Å²) in [5, 5.41) is 7.89. The van der Waals surface area contributed by atoms with Gasteiger partial charge >= 0.3 is 5.97 Å². The van der Waals surface area contributed by atoms with Crippen molar-refractivity contribution in [3.8, 4) is 0 Å². The predicted molar refractivity (Wildman–Crippen MR) is 28.2 cm³/mol. The van der Waals surface area contributed by atoms with Gasteiger partial charge in [-0.1, -0.05) is 6.58 Å². The van der Waals surface area contributed by atoms with Crippen LogP contribution in [-0.4, -0.2) is 60.0 Å². The third-order valence-corrected chi connectivity index (χ3v) is 0.365. The van der Waals surface area contributed by atoms with Gasteiger partial charge in [-0.15, -0.1) is 0 Å². The summed E-state index contributed by atoms with van der Waals surface area (Å²) in [5.74, 6) is -0.935. The molecule has 0 heterocycles. The van der Waals surface area contributed by atoms with E-state index in [9.17, 15) is 4.79 Å². The summed E-state index contributed by atoms with van der Waals surface area (Å²) in [6.45, 7) is 4.60. The molecule has 1 N–H and O–H groups in total. The van der Waals surface area contributed by atoms with Crippen molar-refractivity contribution in [1.82, 2.24) is 0 Å². The molecule has 0 aliphatic rings. The standard InChI is InChI=1S/C4H6O2.Ba/c1-3(2)4(5)6;/h1H2,2H3,(H,5,6);. The largest absolute Gasteiger partial charge is 0.478 e. The maximum atomic E-state index is 9.60. The van der Waals surface area contributed by atoms with Gasteiger partial charge in [-0.2, -0.15) is 0 Å². The molecule has 3 heteroatoms. The Kier molecular flexibility index (Phi) is 7.54. The van der Waals surface area contributed by atoms with Gasteiger partial charge in [0.15, 0.2) is 0 Å². The quantitative estimate of drug-likeness (QED) is 0.512. The molecule has 0 saturated carbocycles. The Morgan fingerprint density at radius 2 is 1.86 bits per heavy atom. The maximum Gasteiger partial charge on any atom is 0.330 e. The predicted octanol–water partition coefficient (Wildman–Crippen LogP) is 0.266. The van der Waals surface area contributed by atoms with E-state index < -0.39 is 5.97 Å². The van der Waals surface area contributed by atoms with Gasteiger partial charge < -0.3 is 5.11 Å². The van der Waals surface area contributed by atoms with Crippen LogP contribution in [0.3, 0.4) is 0 Å². The van der Waals surface area contributed by atoms with Crippen LogP contribution in [0.5, 0.6) is 0 Å². The van der Waals surface area contributed by atoms with Crippen molar-refractivity contribution in [2.45, 2.75) is 6.92 Å². The number of carboxylic acid groups (broad SMARTS) is 1. The van der Waals surface area contributed by atoms with Crippen LogP contribution in [0.2, 0.25) is 0 Å². The van der Waals surface area contributed by atoms with E-state index in [1.807, 2.05) is 0 Å². The van der Waals surface area contributed by atoms with E-state index >= 15 is 0 Å². The summed E-state index contributed by atoms with van der Waals surface area (Å²) in [7, 11) is 0. The van der Waals surface area contributed by atoms with Crippen LogP contribution in [0.15, 0.2) is 12.2 Å². The molecule has 0 rings (SSSR count). The Balaban J connectivity index is 0. The first-order valence-electron chi connectivity index (χ1n) is 1.53. The fourth-order valence-corrected chi connectivity index (χ4v) is 0. The van der Waals surface area contributed by atoms with Crippen LogP contribution in [0.4, 0.5) is 0 Å². The van der Waals surface area contributed by atoms with Gasteiger partial charge in [0.1, 0.15) is 0 Å². The van der Waals surface area contributed by atoms with Gasteiger partial charge in [-0.25, -0.2) is 4.79 Å². The zero-order valence-electron chi connectivity index (χ0n) is 4.27. The van der Waals surface area contributed by atoms with Crippen molar-refractivity contribution in [2.24, 2.45) is 0 Å². The second-order valence-electron chi connectivity index (χ2n) is 1.09. The number of carboxylic acids is 1. The Labute approximate surface area is 82.7 Å². The number of hydrogen-bond donors (Lipinski definition) is 1. The molecule has 0 spiro atoms. The molecule has 0 saturated heterocycles. The number of aliphatic carboxylic acids is 1. The second kappa shape index (κ2) is 4.93. The maximum absolute atomic E-state index is 9.60. The molecule has 0 aliphatic carbocycles. The van der Waals surface area contributed by atoms with Crippen LogP contribution < -0.4 is 0 Å². The fourth-order valence-electron chi connectivity index (χ4n) is 0. The van der Waals surface area contributed by atoms with Gasteiger partial charge in [0.2, 0.25) is 0 Å². The van der Waals surface area contributed by atoms with Gasteiger partial charge in [0.05, 0.1) is 0 Å². The van der Waals surface area contributed by atoms with E-state index in [4.69, 9.17) is 5.11 Å². The molecule has 0 aromatic heterocycles. The zero-order valence-corrected chi connectivity index (χ0v) is 8.71. The Hall–Kier alpha value is 0.781. The Morgan fingerprint density at radius 3 is 1.86 bits per heavy atom. The van der Waals surface area contributed by atoms with Crippen LogP contribution in [0, 0.1) is 0 Å². The van der Waals surface area contributed by atoms with Crippen LogP contribution in [0.25, 0.3) is 0 Å². The summed E-state index contributed by atoms with van der Waals surface area (Å²) < 4.78 is 0. The molecular formula is C4H6BaO2. The number of rotatable bonds is 1. The average Bonchev–Trinajstić information content (AvgIpc) is 1.36. The molecule has 7 heavy (non-hydrogen) atoms. The zero-order chi connectivity index (χ0) is 5.15. The molecule has 2 nitrogen and oxygen atoms in total. The van der Waals surface area contributed by atoms with E-state index in [0.29, 0.717) is 0 Å². The Bertz CT molecular complexity index is 75.7. The first-order valence-corrected chi connectivity index (χ1v) is 1.53. The molecule has 2 radical (unpaired) electrons. The van der Waals surface area contributed by atoms with Crippen LogP contribution >= 0.6 is 0 Å². The van der Waals surface area contributed by atoms with Gasteiger partial charge in [-0.3, -0.25) is 0 Å². The molecule has 0 aromatic carbocycles. The average molecular weight is 223 g/mol. The topological polar surface area (TPSA) is 37.3 Å². The van der Waals surface area contributed by atoms with E-state index in [0.717, 1.165) is 0 Å². The van der Waals surface area contributed by atoms with Crippen LogP contribution in [-0.2, 0) is 4.79 Å². The summed E-state index contributed by atoms with van der Waals surface area (Å²) in [5.41, 5.74) is 0.176. The summed E-state index contributed by atoms with van der Waals surface area (Å²) in [6.07, 6.45) is 0. The van der Waals surface area contributed by atoms with E-state index in [1.54, 1.807) is 0 Å². The minimum Gasteiger partial charge on any atom is -0.478 e. The van der Waals surface area contributed by atoms with Gasteiger partial charge in [0, 0.05) is 54.5 Å². The smallest absolute Gasteiger partial charge is 0.330 e. The molecule has 0 atom stereocenters. The summed E-state index contributed by atoms with van der Waals surface area (Å²) >= 11 is 0. The SMILES string of the molecule is C=C(C)C(=O)O.[Ba]. The van der Waals surface area contributed by atoms with Crippen LogP contribution in [0.1, 0.15) is 6.92 Å². The van der Waals surface area contributed by atoms with Crippen molar-refractivity contribution in [3.05, 3.63) is 12.2 Å². The third-order valence-electron chi connectivity index (χ3n) is 0.365. The molecule has 0 aromatic rings. The van der Waals surface area contributed by atoms with Crippen molar-refractivity contribution < 1.29 is 9.90 Å². The minimum absolute atomic E-state index is 0.